The van der Waals surface area contributed by atoms with E-state index in [1.54, 1.807) is 7.11 Å². The molecule has 0 radical (unpaired) electrons. The van der Waals surface area contributed by atoms with Gasteiger partial charge in [0.1, 0.15) is 0 Å². The van der Waals surface area contributed by atoms with Gasteiger partial charge in [0.05, 0.1) is 6.61 Å². The van der Waals surface area contributed by atoms with Gasteiger partial charge in [-0.1, -0.05) is 12.1 Å². The van der Waals surface area contributed by atoms with Crippen molar-refractivity contribution in [2.75, 3.05) is 27.2 Å². The normalized spacial score (nSPS) is 18.5. The molecule has 3 heteroatoms. The van der Waals surface area contributed by atoms with Crippen molar-refractivity contribution in [3.8, 4) is 0 Å². The second-order valence-electron chi connectivity index (χ2n) is 4.70. The number of methoxy groups -OCH3 is 1. The molecule has 0 unspecified atom stereocenters. The van der Waals surface area contributed by atoms with E-state index in [-0.39, 0.29) is 0 Å². The van der Waals surface area contributed by atoms with Crippen molar-refractivity contribution in [3.05, 3.63) is 29.8 Å². The Hall–Kier alpha value is -0.510. The third-order valence-electron chi connectivity index (χ3n) is 3.20. The maximum Gasteiger partial charge on any atom is 0.0713 e. The van der Waals surface area contributed by atoms with E-state index in [0.717, 1.165) is 5.25 Å². The van der Waals surface area contributed by atoms with Crippen LogP contribution in [0.5, 0.6) is 0 Å². The minimum atomic E-state index is 0.708. The van der Waals surface area contributed by atoms with Crippen molar-refractivity contribution in [2.45, 2.75) is 29.6 Å². The summed E-state index contributed by atoms with van der Waals surface area (Å²) in [6.45, 7) is 3.18. The first-order valence-electron chi connectivity index (χ1n) is 6.21. The molecule has 1 aromatic rings. The number of likely N-dealkylation sites (tertiary alicyclic amines) is 1. The Labute approximate surface area is 108 Å². The molecule has 0 bridgehead atoms. The van der Waals surface area contributed by atoms with Crippen LogP contribution in [-0.2, 0) is 11.3 Å². The first-order chi connectivity index (χ1) is 8.28. The minimum Gasteiger partial charge on any atom is -0.380 e. The molecular weight excluding hydrogens is 230 g/mol. The number of hydrogen-bond donors (Lipinski definition) is 0. The first kappa shape index (κ1) is 12.9. The predicted octanol–water partition coefficient (Wildman–Crippen LogP) is 3.02. The molecule has 94 valence electrons. The van der Waals surface area contributed by atoms with E-state index < -0.39 is 0 Å². The van der Waals surface area contributed by atoms with Gasteiger partial charge in [0, 0.05) is 17.3 Å². The summed E-state index contributed by atoms with van der Waals surface area (Å²) in [5.41, 5.74) is 1.25. The summed E-state index contributed by atoms with van der Waals surface area (Å²) in [4.78, 5) is 3.80. The van der Waals surface area contributed by atoms with Crippen molar-refractivity contribution in [3.63, 3.8) is 0 Å². The average Bonchev–Trinajstić information content (AvgIpc) is 2.35. The summed E-state index contributed by atoms with van der Waals surface area (Å²) in [5.74, 6) is 0. The van der Waals surface area contributed by atoms with E-state index in [4.69, 9.17) is 4.74 Å². The van der Waals surface area contributed by atoms with Crippen LogP contribution in [0.25, 0.3) is 0 Å². The van der Waals surface area contributed by atoms with Crippen molar-refractivity contribution >= 4 is 11.8 Å². The van der Waals surface area contributed by atoms with Crippen LogP contribution >= 0.6 is 11.8 Å². The predicted molar refractivity (Wildman–Crippen MR) is 73.5 cm³/mol. The molecule has 0 aromatic heterocycles. The van der Waals surface area contributed by atoms with E-state index in [1.807, 2.05) is 11.8 Å². The fourth-order valence-electron chi connectivity index (χ4n) is 2.13. The van der Waals surface area contributed by atoms with Crippen LogP contribution in [0, 0.1) is 0 Å². The summed E-state index contributed by atoms with van der Waals surface area (Å²) >= 11 is 2.03. The topological polar surface area (TPSA) is 12.5 Å². The van der Waals surface area contributed by atoms with Gasteiger partial charge in [0.2, 0.25) is 0 Å². The molecule has 0 spiro atoms. The van der Waals surface area contributed by atoms with Gasteiger partial charge in [0.25, 0.3) is 0 Å². The van der Waals surface area contributed by atoms with Gasteiger partial charge >= 0.3 is 0 Å². The van der Waals surface area contributed by atoms with Crippen molar-refractivity contribution in [1.82, 2.24) is 4.90 Å². The van der Waals surface area contributed by atoms with E-state index >= 15 is 0 Å². The number of ether oxygens (including phenoxy) is 1. The number of rotatable bonds is 4. The SMILES string of the molecule is COCc1ccc(SC2CCN(C)CC2)cc1. The minimum absolute atomic E-state index is 0.708. The summed E-state index contributed by atoms with van der Waals surface area (Å²) in [5, 5.41) is 0.791. The number of piperidine rings is 1. The van der Waals surface area contributed by atoms with Gasteiger partial charge < -0.3 is 9.64 Å². The summed E-state index contributed by atoms with van der Waals surface area (Å²) in [7, 11) is 3.95. The molecular formula is C14H21NOS. The molecule has 2 rings (SSSR count). The summed E-state index contributed by atoms with van der Waals surface area (Å²) in [6, 6.07) is 8.77. The molecule has 0 saturated carbocycles. The van der Waals surface area contributed by atoms with Crippen molar-refractivity contribution in [2.24, 2.45) is 0 Å². The molecule has 1 aliphatic heterocycles. The molecule has 1 fully saturated rings. The zero-order valence-electron chi connectivity index (χ0n) is 10.7. The zero-order valence-corrected chi connectivity index (χ0v) is 11.5. The largest absolute Gasteiger partial charge is 0.380 e. The lowest BCUT2D eigenvalue weighted by atomic mass is 10.1. The highest BCUT2D eigenvalue weighted by Gasteiger charge is 2.17. The molecule has 1 aliphatic rings. The number of nitrogens with zero attached hydrogens (tertiary/aromatic N) is 1. The first-order valence-corrected chi connectivity index (χ1v) is 7.09. The molecule has 17 heavy (non-hydrogen) atoms. The van der Waals surface area contributed by atoms with E-state index in [1.165, 1.54) is 36.4 Å². The maximum atomic E-state index is 5.12. The van der Waals surface area contributed by atoms with Crippen LogP contribution < -0.4 is 0 Å². The van der Waals surface area contributed by atoms with E-state index in [2.05, 4.69) is 36.2 Å². The zero-order chi connectivity index (χ0) is 12.1. The van der Waals surface area contributed by atoms with Gasteiger partial charge in [-0.15, -0.1) is 11.8 Å². The van der Waals surface area contributed by atoms with E-state index in [0.29, 0.717) is 6.61 Å². The molecule has 0 atom stereocenters. The highest BCUT2D eigenvalue weighted by Crippen LogP contribution is 2.30. The molecule has 0 amide bonds. The quantitative estimate of drug-likeness (QED) is 0.816. The van der Waals surface area contributed by atoms with Crippen molar-refractivity contribution in [1.29, 1.82) is 0 Å². The third kappa shape index (κ3) is 4.02. The van der Waals surface area contributed by atoms with Crippen LogP contribution in [0.3, 0.4) is 0 Å². The fraction of sp³-hybridized carbons (Fsp3) is 0.571. The Kier molecular flexibility index (Phi) is 4.89. The second kappa shape index (κ2) is 6.43. The molecule has 0 aliphatic carbocycles. The van der Waals surface area contributed by atoms with Crippen LogP contribution in [-0.4, -0.2) is 37.4 Å². The summed E-state index contributed by atoms with van der Waals surface area (Å²) in [6.07, 6.45) is 2.61. The lowest BCUT2D eigenvalue weighted by Crippen LogP contribution is -2.31. The van der Waals surface area contributed by atoms with Gasteiger partial charge in [-0.2, -0.15) is 0 Å². The molecule has 1 aromatic carbocycles. The van der Waals surface area contributed by atoms with Crippen LogP contribution in [0.4, 0.5) is 0 Å². The third-order valence-corrected chi connectivity index (χ3v) is 4.55. The number of benzene rings is 1. The Balaban J connectivity index is 1.86. The smallest absolute Gasteiger partial charge is 0.0713 e. The van der Waals surface area contributed by atoms with Crippen molar-refractivity contribution < 1.29 is 4.74 Å². The Morgan fingerprint density at radius 3 is 2.47 bits per heavy atom. The van der Waals surface area contributed by atoms with Crippen LogP contribution in [0.15, 0.2) is 29.2 Å². The average molecular weight is 251 g/mol. The fourth-order valence-corrected chi connectivity index (χ4v) is 3.25. The molecule has 2 nitrogen and oxygen atoms in total. The maximum absolute atomic E-state index is 5.12. The highest BCUT2D eigenvalue weighted by atomic mass is 32.2. The second-order valence-corrected chi connectivity index (χ2v) is 6.07. The molecule has 1 heterocycles. The number of thioether (sulfide) groups is 1. The molecule has 0 N–H and O–H groups in total. The monoisotopic (exact) mass is 251 g/mol. The molecule has 1 saturated heterocycles. The standard InChI is InChI=1S/C14H21NOS/c1-15-9-7-14(8-10-15)17-13-5-3-12(4-6-13)11-16-2/h3-6,14H,7-11H2,1-2H3. The summed E-state index contributed by atoms with van der Waals surface area (Å²) < 4.78 is 5.12. The Bertz CT molecular complexity index is 331. The van der Waals surface area contributed by atoms with Crippen LogP contribution in [0.2, 0.25) is 0 Å². The van der Waals surface area contributed by atoms with Crippen LogP contribution in [0.1, 0.15) is 18.4 Å². The highest BCUT2D eigenvalue weighted by molar-refractivity contribution is 8.00. The number of hydrogen-bond acceptors (Lipinski definition) is 3. The van der Waals surface area contributed by atoms with Gasteiger partial charge in [-0.3, -0.25) is 0 Å². The Morgan fingerprint density at radius 2 is 1.88 bits per heavy atom. The Morgan fingerprint density at radius 1 is 1.24 bits per heavy atom. The van der Waals surface area contributed by atoms with Gasteiger partial charge in [-0.25, -0.2) is 0 Å². The lowest BCUT2D eigenvalue weighted by Gasteiger charge is -2.28. The van der Waals surface area contributed by atoms with Gasteiger partial charge in [-0.05, 0) is 50.7 Å². The lowest BCUT2D eigenvalue weighted by molar-refractivity contribution is 0.185. The van der Waals surface area contributed by atoms with Gasteiger partial charge in [0.15, 0.2) is 0 Å². The van der Waals surface area contributed by atoms with E-state index in [9.17, 15) is 0 Å².